The SMILES string of the molecule is CCNC1CCCCC(Cc2c(F)cccc2Cl)C1. The van der Waals surface area contributed by atoms with Gasteiger partial charge in [0.2, 0.25) is 0 Å². The van der Waals surface area contributed by atoms with Gasteiger partial charge in [-0.05, 0) is 43.9 Å². The summed E-state index contributed by atoms with van der Waals surface area (Å²) < 4.78 is 13.9. The molecule has 1 aliphatic rings. The van der Waals surface area contributed by atoms with E-state index in [0.29, 0.717) is 22.5 Å². The normalized spacial score (nSPS) is 24.2. The highest BCUT2D eigenvalue weighted by molar-refractivity contribution is 6.31. The first-order valence-electron chi connectivity index (χ1n) is 7.37. The van der Waals surface area contributed by atoms with Gasteiger partial charge in [-0.15, -0.1) is 0 Å². The number of halogens is 2. The highest BCUT2D eigenvalue weighted by Crippen LogP contribution is 2.30. The number of rotatable bonds is 4. The van der Waals surface area contributed by atoms with Gasteiger partial charge in [0.1, 0.15) is 5.82 Å². The van der Waals surface area contributed by atoms with Crippen molar-refractivity contribution < 1.29 is 4.39 Å². The van der Waals surface area contributed by atoms with Gasteiger partial charge >= 0.3 is 0 Å². The summed E-state index contributed by atoms with van der Waals surface area (Å²) in [5.41, 5.74) is 0.700. The molecule has 1 aromatic rings. The molecule has 0 aromatic heterocycles. The first kappa shape index (κ1) is 14.8. The van der Waals surface area contributed by atoms with Crippen LogP contribution in [0.3, 0.4) is 0 Å². The summed E-state index contributed by atoms with van der Waals surface area (Å²) in [7, 11) is 0. The fourth-order valence-corrected chi connectivity index (χ4v) is 3.38. The van der Waals surface area contributed by atoms with Crippen molar-refractivity contribution in [2.75, 3.05) is 6.54 Å². The van der Waals surface area contributed by atoms with E-state index >= 15 is 0 Å². The summed E-state index contributed by atoms with van der Waals surface area (Å²) in [4.78, 5) is 0. The van der Waals surface area contributed by atoms with Crippen LogP contribution in [0.4, 0.5) is 4.39 Å². The molecule has 0 radical (unpaired) electrons. The van der Waals surface area contributed by atoms with Crippen LogP contribution in [0.1, 0.15) is 44.6 Å². The van der Waals surface area contributed by atoms with Crippen molar-refractivity contribution in [3.63, 3.8) is 0 Å². The summed E-state index contributed by atoms with van der Waals surface area (Å²) >= 11 is 6.13. The van der Waals surface area contributed by atoms with E-state index in [-0.39, 0.29) is 5.82 Å². The van der Waals surface area contributed by atoms with Gasteiger partial charge in [-0.3, -0.25) is 0 Å². The van der Waals surface area contributed by atoms with Crippen molar-refractivity contribution in [1.82, 2.24) is 5.32 Å². The van der Waals surface area contributed by atoms with Gasteiger partial charge in [0, 0.05) is 16.6 Å². The van der Waals surface area contributed by atoms with Crippen LogP contribution < -0.4 is 5.32 Å². The predicted molar refractivity (Wildman–Crippen MR) is 79.2 cm³/mol. The maximum absolute atomic E-state index is 13.9. The van der Waals surface area contributed by atoms with Crippen LogP contribution in [-0.4, -0.2) is 12.6 Å². The second-order valence-corrected chi connectivity index (χ2v) is 5.95. The monoisotopic (exact) mass is 283 g/mol. The number of benzene rings is 1. The number of hydrogen-bond acceptors (Lipinski definition) is 1. The van der Waals surface area contributed by atoms with Crippen LogP contribution >= 0.6 is 11.6 Å². The Morgan fingerprint density at radius 2 is 2.11 bits per heavy atom. The fourth-order valence-electron chi connectivity index (χ4n) is 3.14. The maximum atomic E-state index is 13.9. The standard InChI is InChI=1S/C16H23ClFN/c1-2-19-13-7-4-3-6-12(10-13)11-14-15(17)8-5-9-16(14)18/h5,8-9,12-13,19H,2-4,6-7,10-11H2,1H3. The van der Waals surface area contributed by atoms with Gasteiger partial charge in [-0.1, -0.05) is 43.9 Å². The minimum absolute atomic E-state index is 0.156. The van der Waals surface area contributed by atoms with E-state index in [2.05, 4.69) is 12.2 Å². The van der Waals surface area contributed by atoms with Crippen molar-refractivity contribution in [3.05, 3.63) is 34.6 Å². The molecule has 0 heterocycles. The topological polar surface area (TPSA) is 12.0 Å². The Hall–Kier alpha value is -0.600. The molecule has 0 aliphatic heterocycles. The van der Waals surface area contributed by atoms with E-state index < -0.39 is 0 Å². The first-order chi connectivity index (χ1) is 9.20. The summed E-state index contributed by atoms with van der Waals surface area (Å²) in [6.07, 6.45) is 6.87. The van der Waals surface area contributed by atoms with Crippen LogP contribution in [-0.2, 0) is 6.42 Å². The lowest BCUT2D eigenvalue weighted by Crippen LogP contribution is -2.30. The van der Waals surface area contributed by atoms with E-state index in [1.54, 1.807) is 12.1 Å². The quantitative estimate of drug-likeness (QED) is 0.798. The molecule has 19 heavy (non-hydrogen) atoms. The van der Waals surface area contributed by atoms with Gasteiger partial charge in [0.25, 0.3) is 0 Å². The van der Waals surface area contributed by atoms with Crippen molar-refractivity contribution in [2.45, 2.75) is 51.5 Å². The van der Waals surface area contributed by atoms with Crippen molar-refractivity contribution >= 4 is 11.6 Å². The third kappa shape index (κ3) is 4.19. The van der Waals surface area contributed by atoms with Crippen LogP contribution in [0, 0.1) is 11.7 Å². The molecule has 0 saturated heterocycles. The third-order valence-electron chi connectivity index (χ3n) is 4.08. The minimum atomic E-state index is -0.156. The molecule has 2 unspecified atom stereocenters. The molecule has 1 aliphatic carbocycles. The first-order valence-corrected chi connectivity index (χ1v) is 7.74. The summed E-state index contributed by atoms with van der Waals surface area (Å²) in [5, 5.41) is 4.12. The second kappa shape index (κ2) is 7.25. The summed E-state index contributed by atoms with van der Waals surface area (Å²) in [6.45, 7) is 3.16. The van der Waals surface area contributed by atoms with E-state index in [1.165, 1.54) is 31.7 Å². The molecule has 2 atom stereocenters. The molecule has 1 fully saturated rings. The Bertz CT molecular complexity index is 387. The fraction of sp³-hybridized carbons (Fsp3) is 0.625. The maximum Gasteiger partial charge on any atom is 0.127 e. The molecule has 1 N–H and O–H groups in total. The van der Waals surface area contributed by atoms with Crippen LogP contribution in [0.25, 0.3) is 0 Å². The molecular formula is C16H23ClFN. The predicted octanol–water partition coefficient (Wildman–Crippen LogP) is 4.58. The van der Waals surface area contributed by atoms with Crippen LogP contribution in [0.5, 0.6) is 0 Å². The second-order valence-electron chi connectivity index (χ2n) is 5.55. The Labute approximate surface area is 120 Å². The Morgan fingerprint density at radius 1 is 1.32 bits per heavy atom. The Balaban J connectivity index is 2.04. The molecule has 1 aromatic carbocycles. The molecule has 1 saturated carbocycles. The Kier molecular flexibility index (Phi) is 5.65. The van der Waals surface area contributed by atoms with E-state index in [4.69, 9.17) is 11.6 Å². The van der Waals surface area contributed by atoms with Crippen LogP contribution in [0.15, 0.2) is 18.2 Å². The lowest BCUT2D eigenvalue weighted by Gasteiger charge is -2.21. The van der Waals surface area contributed by atoms with E-state index in [1.807, 2.05) is 0 Å². The van der Waals surface area contributed by atoms with Gasteiger partial charge < -0.3 is 5.32 Å². The third-order valence-corrected chi connectivity index (χ3v) is 4.43. The minimum Gasteiger partial charge on any atom is -0.314 e. The zero-order valence-electron chi connectivity index (χ0n) is 11.6. The van der Waals surface area contributed by atoms with Gasteiger partial charge in [-0.2, -0.15) is 0 Å². The summed E-state index contributed by atoms with van der Waals surface area (Å²) in [6, 6.07) is 5.57. The largest absolute Gasteiger partial charge is 0.314 e. The number of hydrogen-bond donors (Lipinski definition) is 1. The molecule has 2 rings (SSSR count). The molecule has 0 bridgehead atoms. The smallest absolute Gasteiger partial charge is 0.127 e. The van der Waals surface area contributed by atoms with Crippen molar-refractivity contribution in [3.8, 4) is 0 Å². The summed E-state index contributed by atoms with van der Waals surface area (Å²) in [5.74, 6) is 0.387. The van der Waals surface area contributed by atoms with Gasteiger partial charge in [-0.25, -0.2) is 4.39 Å². The lowest BCUT2D eigenvalue weighted by atomic mass is 9.91. The molecular weight excluding hydrogens is 261 g/mol. The molecule has 0 amide bonds. The molecule has 0 spiro atoms. The molecule has 3 heteroatoms. The van der Waals surface area contributed by atoms with E-state index in [9.17, 15) is 4.39 Å². The van der Waals surface area contributed by atoms with E-state index in [0.717, 1.165) is 19.4 Å². The van der Waals surface area contributed by atoms with Gasteiger partial charge in [0.15, 0.2) is 0 Å². The van der Waals surface area contributed by atoms with Crippen molar-refractivity contribution in [1.29, 1.82) is 0 Å². The average Bonchev–Trinajstić information content (AvgIpc) is 2.60. The zero-order chi connectivity index (χ0) is 13.7. The van der Waals surface area contributed by atoms with Crippen LogP contribution in [0.2, 0.25) is 5.02 Å². The Morgan fingerprint density at radius 3 is 2.84 bits per heavy atom. The zero-order valence-corrected chi connectivity index (χ0v) is 12.3. The highest BCUT2D eigenvalue weighted by atomic mass is 35.5. The molecule has 106 valence electrons. The average molecular weight is 284 g/mol. The number of nitrogens with one attached hydrogen (secondary N) is 1. The highest BCUT2D eigenvalue weighted by Gasteiger charge is 2.21. The van der Waals surface area contributed by atoms with Crippen molar-refractivity contribution in [2.24, 2.45) is 5.92 Å². The van der Waals surface area contributed by atoms with Gasteiger partial charge in [0.05, 0.1) is 0 Å². The lowest BCUT2D eigenvalue weighted by molar-refractivity contribution is 0.385. The molecule has 1 nitrogen and oxygen atoms in total.